The number of nitrogens with zero attached hydrogens (tertiary/aromatic N) is 4. The number of hydrogen-bond donors (Lipinski definition) is 0. The van der Waals surface area contributed by atoms with Crippen molar-refractivity contribution < 1.29 is 18.0 Å². The zero-order valence-electron chi connectivity index (χ0n) is 17.4. The molecule has 0 aliphatic carbocycles. The molecule has 160 valence electrons. The lowest BCUT2D eigenvalue weighted by Gasteiger charge is -2.39. The first kappa shape index (κ1) is 20.5. The van der Waals surface area contributed by atoms with E-state index in [-0.39, 0.29) is 18.4 Å². The minimum Gasteiger partial charge on any atom is -0.495 e. The molecule has 4 rings (SSSR count). The molecule has 1 saturated heterocycles. The summed E-state index contributed by atoms with van der Waals surface area (Å²) in [6.07, 6.45) is 8.84. The molecule has 0 spiro atoms. The Morgan fingerprint density at radius 3 is 2.90 bits per heavy atom. The Kier molecular flexibility index (Phi) is 5.55. The third-order valence-electron chi connectivity index (χ3n) is 5.29. The smallest absolute Gasteiger partial charge is 0.171 e. The lowest BCUT2D eigenvalue weighted by Crippen LogP contribution is -2.51. The number of fused-ring (bicyclic) bond motifs is 1. The van der Waals surface area contributed by atoms with E-state index < -0.39 is 9.84 Å². The first-order valence-corrected chi connectivity index (χ1v) is 11.9. The van der Waals surface area contributed by atoms with Crippen molar-refractivity contribution in [1.29, 1.82) is 0 Å². The summed E-state index contributed by atoms with van der Waals surface area (Å²) in [6.45, 7) is 3.01. The van der Waals surface area contributed by atoms with Crippen LogP contribution in [-0.2, 0) is 14.7 Å². The van der Waals surface area contributed by atoms with E-state index in [0.29, 0.717) is 0 Å². The number of imidazole rings is 1. The molecule has 0 N–H and O–H groups in total. The van der Waals surface area contributed by atoms with Crippen LogP contribution in [0.1, 0.15) is 24.1 Å². The van der Waals surface area contributed by atoms with E-state index in [0.717, 1.165) is 53.5 Å². The maximum absolute atomic E-state index is 11.8. The van der Waals surface area contributed by atoms with Crippen molar-refractivity contribution in [1.82, 2.24) is 14.5 Å². The second-order valence-electron chi connectivity index (χ2n) is 7.78. The Hall–Kier alpha value is -2.81. The number of methoxy groups -OCH3 is 1. The Bertz CT molecular complexity index is 1100. The third kappa shape index (κ3) is 4.35. The van der Waals surface area contributed by atoms with Gasteiger partial charge < -0.3 is 19.0 Å². The number of rotatable bonds is 5. The highest BCUT2D eigenvalue weighted by atomic mass is 32.2. The summed E-state index contributed by atoms with van der Waals surface area (Å²) in [4.78, 5) is 11.7. The van der Waals surface area contributed by atoms with Gasteiger partial charge in [-0.25, -0.2) is 13.4 Å². The van der Waals surface area contributed by atoms with Crippen LogP contribution in [0.25, 0.3) is 11.8 Å². The molecule has 0 bridgehead atoms. The first-order valence-electron chi connectivity index (χ1n) is 9.88. The molecule has 2 aliphatic rings. The molecule has 0 amide bonds. The highest BCUT2D eigenvalue weighted by molar-refractivity contribution is 7.90. The molecule has 3 heterocycles. The molecule has 0 radical (unpaired) electrons. The minimum atomic E-state index is -3.11. The summed E-state index contributed by atoms with van der Waals surface area (Å²) in [7, 11) is -1.46. The molecule has 2 aromatic rings. The Morgan fingerprint density at radius 2 is 2.20 bits per heavy atom. The molecule has 8 nitrogen and oxygen atoms in total. The standard InChI is InChI=1S/C21H26N4O4S/c1-15-11-24(14-22-15)19-7-6-16(10-20(19)28-2)9-17-5-4-8-25-18(13-30(3,26)27)12-29-23-21(17)25/h6-7,9-11,14,18H,4-5,8,12-13H2,1-3H3/b17-9-. The summed E-state index contributed by atoms with van der Waals surface area (Å²) in [6, 6.07) is 5.79. The number of aromatic nitrogens is 2. The van der Waals surface area contributed by atoms with Gasteiger partial charge in [-0.2, -0.15) is 0 Å². The fraction of sp³-hybridized carbons (Fsp3) is 0.429. The number of piperidine rings is 1. The van der Waals surface area contributed by atoms with Gasteiger partial charge in [0.05, 0.1) is 36.6 Å². The fourth-order valence-corrected chi connectivity index (χ4v) is 4.93. The van der Waals surface area contributed by atoms with Crippen LogP contribution in [-0.4, -0.2) is 67.0 Å². The Balaban J connectivity index is 1.63. The van der Waals surface area contributed by atoms with E-state index in [1.165, 1.54) is 6.26 Å². The summed E-state index contributed by atoms with van der Waals surface area (Å²) in [5.41, 5.74) is 3.87. The number of hydrogen-bond acceptors (Lipinski definition) is 7. The van der Waals surface area contributed by atoms with Crippen LogP contribution in [0.3, 0.4) is 0 Å². The molecule has 1 unspecified atom stereocenters. The largest absolute Gasteiger partial charge is 0.495 e. The van der Waals surface area contributed by atoms with Crippen LogP contribution in [0.4, 0.5) is 0 Å². The van der Waals surface area contributed by atoms with Crippen LogP contribution in [0.2, 0.25) is 0 Å². The summed E-state index contributed by atoms with van der Waals surface area (Å²) in [5, 5.41) is 4.26. The predicted octanol–water partition coefficient (Wildman–Crippen LogP) is 2.43. The zero-order chi connectivity index (χ0) is 21.3. The number of aryl methyl sites for hydroxylation is 1. The van der Waals surface area contributed by atoms with E-state index in [2.05, 4.69) is 21.1 Å². The number of oxime groups is 1. The predicted molar refractivity (Wildman–Crippen MR) is 116 cm³/mol. The summed E-state index contributed by atoms with van der Waals surface area (Å²) < 4.78 is 31.2. The van der Waals surface area contributed by atoms with Gasteiger partial charge in [0, 0.05) is 19.0 Å². The van der Waals surface area contributed by atoms with E-state index in [9.17, 15) is 8.42 Å². The average molecular weight is 431 g/mol. The van der Waals surface area contributed by atoms with E-state index in [1.54, 1.807) is 13.4 Å². The van der Waals surface area contributed by atoms with Crippen molar-refractivity contribution in [3.05, 3.63) is 47.6 Å². The molecular weight excluding hydrogens is 404 g/mol. The topological polar surface area (TPSA) is 86.0 Å². The molecule has 1 fully saturated rings. The number of benzene rings is 1. The lowest BCUT2D eigenvalue weighted by atomic mass is 9.98. The van der Waals surface area contributed by atoms with Gasteiger partial charge in [0.1, 0.15) is 22.2 Å². The van der Waals surface area contributed by atoms with Gasteiger partial charge in [-0.1, -0.05) is 11.2 Å². The Labute approximate surface area is 176 Å². The summed E-state index contributed by atoms with van der Waals surface area (Å²) in [5.74, 6) is 1.53. The summed E-state index contributed by atoms with van der Waals surface area (Å²) >= 11 is 0. The Morgan fingerprint density at radius 1 is 1.37 bits per heavy atom. The fourth-order valence-electron chi connectivity index (χ4n) is 3.96. The second-order valence-corrected chi connectivity index (χ2v) is 9.96. The molecule has 30 heavy (non-hydrogen) atoms. The van der Waals surface area contributed by atoms with Crippen molar-refractivity contribution >= 4 is 21.7 Å². The SMILES string of the molecule is COc1cc(/C=C2/CCCN3C2=NOCC3CS(C)(=O)=O)ccc1-n1cnc(C)c1. The van der Waals surface area contributed by atoms with Crippen molar-refractivity contribution in [3.63, 3.8) is 0 Å². The van der Waals surface area contributed by atoms with Crippen molar-refractivity contribution in [2.75, 3.05) is 32.3 Å². The zero-order valence-corrected chi connectivity index (χ0v) is 18.2. The minimum absolute atomic E-state index is 0.0616. The van der Waals surface area contributed by atoms with Gasteiger partial charge in [0.25, 0.3) is 0 Å². The monoisotopic (exact) mass is 430 g/mol. The van der Waals surface area contributed by atoms with Crippen LogP contribution in [0.5, 0.6) is 5.75 Å². The molecule has 1 aromatic heterocycles. The molecule has 1 aromatic carbocycles. The number of ether oxygens (including phenoxy) is 1. The first-order chi connectivity index (χ1) is 14.3. The normalized spacial score (nSPS) is 20.5. The van der Waals surface area contributed by atoms with Gasteiger partial charge in [0.2, 0.25) is 0 Å². The van der Waals surface area contributed by atoms with Crippen LogP contribution >= 0.6 is 0 Å². The van der Waals surface area contributed by atoms with Gasteiger partial charge in [-0.3, -0.25) is 0 Å². The van der Waals surface area contributed by atoms with Crippen molar-refractivity contribution in [3.8, 4) is 11.4 Å². The average Bonchev–Trinajstić information content (AvgIpc) is 3.13. The van der Waals surface area contributed by atoms with E-state index >= 15 is 0 Å². The van der Waals surface area contributed by atoms with E-state index in [4.69, 9.17) is 9.57 Å². The quantitative estimate of drug-likeness (QED) is 0.724. The van der Waals surface area contributed by atoms with Gasteiger partial charge >= 0.3 is 0 Å². The number of sulfone groups is 1. The van der Waals surface area contributed by atoms with Gasteiger partial charge in [0.15, 0.2) is 5.84 Å². The lowest BCUT2D eigenvalue weighted by molar-refractivity contribution is 0.0659. The molecule has 0 saturated carbocycles. The maximum atomic E-state index is 11.8. The van der Waals surface area contributed by atoms with Crippen LogP contribution in [0.15, 0.2) is 41.5 Å². The van der Waals surface area contributed by atoms with Gasteiger partial charge in [-0.15, -0.1) is 0 Å². The highest BCUT2D eigenvalue weighted by Crippen LogP contribution is 2.29. The molecular formula is C21H26N4O4S. The van der Waals surface area contributed by atoms with Gasteiger partial charge in [-0.05, 0) is 49.1 Å². The molecule has 2 aliphatic heterocycles. The molecule has 9 heteroatoms. The van der Waals surface area contributed by atoms with Crippen LogP contribution < -0.4 is 4.74 Å². The number of amidine groups is 1. The maximum Gasteiger partial charge on any atom is 0.171 e. The van der Waals surface area contributed by atoms with Crippen molar-refractivity contribution in [2.45, 2.75) is 25.8 Å². The van der Waals surface area contributed by atoms with Crippen LogP contribution in [0, 0.1) is 6.92 Å². The highest BCUT2D eigenvalue weighted by Gasteiger charge is 2.33. The second kappa shape index (κ2) is 8.14. The third-order valence-corrected chi connectivity index (χ3v) is 6.28. The van der Waals surface area contributed by atoms with Crippen molar-refractivity contribution in [2.24, 2.45) is 5.16 Å². The van der Waals surface area contributed by atoms with E-state index in [1.807, 2.05) is 35.9 Å². The molecule has 1 atom stereocenters.